The molecule has 0 aliphatic carbocycles. The highest BCUT2D eigenvalue weighted by molar-refractivity contribution is 6.31. The topological polar surface area (TPSA) is 109 Å². The zero-order valence-electron chi connectivity index (χ0n) is 10.1. The lowest BCUT2D eigenvalue weighted by molar-refractivity contribution is -0.139. The van der Waals surface area contributed by atoms with E-state index in [1.165, 1.54) is 12.1 Å². The van der Waals surface area contributed by atoms with Crippen LogP contribution in [0.2, 0.25) is 5.02 Å². The summed E-state index contributed by atoms with van der Waals surface area (Å²) in [6.45, 7) is 1.78. The van der Waals surface area contributed by atoms with E-state index in [9.17, 15) is 14.4 Å². The highest BCUT2D eigenvalue weighted by Crippen LogP contribution is 2.16. The zero-order chi connectivity index (χ0) is 14.6. The molecule has 102 valence electrons. The van der Waals surface area contributed by atoms with Gasteiger partial charge in [-0.3, -0.25) is 14.4 Å². The van der Waals surface area contributed by atoms with Crippen molar-refractivity contribution >= 4 is 29.4 Å². The number of aliphatic carboxylic acids is 1. The molecule has 0 heterocycles. The van der Waals surface area contributed by atoms with Crippen molar-refractivity contribution in [1.29, 1.82) is 0 Å². The summed E-state index contributed by atoms with van der Waals surface area (Å²) >= 11 is 5.88. The molecule has 0 fully saturated rings. The molecule has 2 amide bonds. The van der Waals surface area contributed by atoms with Crippen molar-refractivity contribution in [3.05, 3.63) is 34.3 Å². The van der Waals surface area contributed by atoms with Gasteiger partial charge < -0.3 is 16.2 Å². The summed E-state index contributed by atoms with van der Waals surface area (Å²) in [5, 5.41) is 11.3. The standard InChI is InChI=1S/C12H13ClN2O4/c1-6-2-3-7(4-8(6)13)12(19)15-9(11(14)18)5-10(16)17/h2-4,9H,5H2,1H3,(H2,14,18)(H,15,19)(H,16,17)/t9-/m0/s1. The van der Waals surface area contributed by atoms with Crippen molar-refractivity contribution in [3.8, 4) is 0 Å². The quantitative estimate of drug-likeness (QED) is 0.739. The van der Waals surface area contributed by atoms with Gasteiger partial charge in [-0.2, -0.15) is 0 Å². The summed E-state index contributed by atoms with van der Waals surface area (Å²) < 4.78 is 0. The number of hydrogen-bond donors (Lipinski definition) is 3. The molecule has 0 aliphatic heterocycles. The number of primary amides is 1. The van der Waals surface area contributed by atoms with Crippen LogP contribution in [0.3, 0.4) is 0 Å². The zero-order valence-corrected chi connectivity index (χ0v) is 10.9. The van der Waals surface area contributed by atoms with Gasteiger partial charge in [0, 0.05) is 10.6 Å². The molecule has 4 N–H and O–H groups in total. The Bertz CT molecular complexity index is 530. The Kier molecular flexibility index (Phi) is 4.88. The second-order valence-corrected chi connectivity index (χ2v) is 4.40. The lowest BCUT2D eigenvalue weighted by Crippen LogP contribution is -2.45. The van der Waals surface area contributed by atoms with E-state index in [1.807, 2.05) is 0 Å². The van der Waals surface area contributed by atoms with E-state index in [-0.39, 0.29) is 5.56 Å². The molecule has 1 aromatic carbocycles. The number of carboxylic acids is 1. The van der Waals surface area contributed by atoms with Crippen LogP contribution in [0.4, 0.5) is 0 Å². The fraction of sp³-hybridized carbons (Fsp3) is 0.250. The summed E-state index contributed by atoms with van der Waals surface area (Å²) in [6.07, 6.45) is -0.569. The molecule has 19 heavy (non-hydrogen) atoms. The summed E-state index contributed by atoms with van der Waals surface area (Å²) in [5.74, 6) is -2.74. The number of halogens is 1. The molecule has 0 spiro atoms. The fourth-order valence-electron chi connectivity index (χ4n) is 1.37. The van der Waals surface area contributed by atoms with Crippen LogP contribution >= 0.6 is 11.6 Å². The van der Waals surface area contributed by atoms with Gasteiger partial charge in [-0.1, -0.05) is 17.7 Å². The third-order valence-corrected chi connectivity index (χ3v) is 2.87. The minimum atomic E-state index is -1.26. The van der Waals surface area contributed by atoms with Crippen molar-refractivity contribution in [1.82, 2.24) is 5.32 Å². The minimum Gasteiger partial charge on any atom is -0.481 e. The normalized spacial score (nSPS) is 11.7. The second kappa shape index (κ2) is 6.19. The van der Waals surface area contributed by atoms with Crippen LogP contribution in [0.1, 0.15) is 22.3 Å². The van der Waals surface area contributed by atoms with Crippen LogP contribution in [-0.2, 0) is 9.59 Å². The maximum Gasteiger partial charge on any atom is 0.305 e. The lowest BCUT2D eigenvalue weighted by atomic mass is 10.1. The molecule has 0 aliphatic rings. The number of carboxylic acid groups (broad SMARTS) is 1. The molecule has 0 saturated heterocycles. The average molecular weight is 285 g/mol. The second-order valence-electron chi connectivity index (χ2n) is 3.99. The first kappa shape index (κ1) is 15.0. The molecule has 0 radical (unpaired) electrons. The van der Waals surface area contributed by atoms with E-state index >= 15 is 0 Å². The summed E-state index contributed by atoms with van der Waals surface area (Å²) in [4.78, 5) is 33.4. The van der Waals surface area contributed by atoms with Gasteiger partial charge in [0.15, 0.2) is 0 Å². The van der Waals surface area contributed by atoms with E-state index in [2.05, 4.69) is 5.32 Å². The summed E-state index contributed by atoms with van der Waals surface area (Å²) in [5.41, 5.74) is 6.05. The summed E-state index contributed by atoms with van der Waals surface area (Å²) in [7, 11) is 0. The molecule has 0 unspecified atom stereocenters. The Balaban J connectivity index is 2.84. The van der Waals surface area contributed by atoms with Gasteiger partial charge in [0.1, 0.15) is 6.04 Å². The van der Waals surface area contributed by atoms with Crippen LogP contribution in [0.25, 0.3) is 0 Å². The van der Waals surface area contributed by atoms with Crippen molar-refractivity contribution in [2.75, 3.05) is 0 Å². The third kappa shape index (κ3) is 4.26. The molecule has 0 bridgehead atoms. The van der Waals surface area contributed by atoms with E-state index in [4.69, 9.17) is 22.4 Å². The highest BCUT2D eigenvalue weighted by atomic mass is 35.5. The molecule has 7 heteroatoms. The fourth-order valence-corrected chi connectivity index (χ4v) is 1.55. The molecule has 1 aromatic rings. The summed E-state index contributed by atoms with van der Waals surface area (Å²) in [6, 6.07) is 3.35. The predicted molar refractivity (Wildman–Crippen MR) is 68.9 cm³/mol. The largest absolute Gasteiger partial charge is 0.481 e. The van der Waals surface area contributed by atoms with Crippen molar-refractivity contribution in [3.63, 3.8) is 0 Å². The first-order valence-electron chi connectivity index (χ1n) is 5.39. The van der Waals surface area contributed by atoms with Crippen molar-refractivity contribution < 1.29 is 19.5 Å². The SMILES string of the molecule is Cc1ccc(C(=O)N[C@@H](CC(=O)O)C(N)=O)cc1Cl. The van der Waals surface area contributed by atoms with Crippen LogP contribution in [-0.4, -0.2) is 28.9 Å². The number of carbonyl (C=O) groups excluding carboxylic acids is 2. The van der Waals surface area contributed by atoms with Gasteiger partial charge in [0.25, 0.3) is 5.91 Å². The maximum atomic E-state index is 11.8. The third-order valence-electron chi connectivity index (χ3n) is 2.46. The van der Waals surface area contributed by atoms with E-state index in [0.717, 1.165) is 5.56 Å². The number of nitrogens with two attached hydrogens (primary N) is 1. The number of hydrogen-bond acceptors (Lipinski definition) is 3. The monoisotopic (exact) mass is 284 g/mol. The molecule has 1 atom stereocenters. The maximum absolute atomic E-state index is 11.8. The number of benzene rings is 1. The van der Waals surface area contributed by atoms with Gasteiger partial charge in [-0.15, -0.1) is 0 Å². The van der Waals surface area contributed by atoms with E-state index in [1.54, 1.807) is 13.0 Å². The highest BCUT2D eigenvalue weighted by Gasteiger charge is 2.22. The van der Waals surface area contributed by atoms with Crippen LogP contribution < -0.4 is 11.1 Å². The molecule has 0 aromatic heterocycles. The van der Waals surface area contributed by atoms with E-state index < -0.39 is 30.2 Å². The first-order valence-corrected chi connectivity index (χ1v) is 5.77. The van der Waals surface area contributed by atoms with Crippen LogP contribution in [0.5, 0.6) is 0 Å². The van der Waals surface area contributed by atoms with Crippen molar-refractivity contribution in [2.24, 2.45) is 5.73 Å². The number of rotatable bonds is 5. The molecular weight excluding hydrogens is 272 g/mol. The minimum absolute atomic E-state index is 0.229. The molecule has 6 nitrogen and oxygen atoms in total. The van der Waals surface area contributed by atoms with Gasteiger partial charge in [0.2, 0.25) is 5.91 Å². The smallest absolute Gasteiger partial charge is 0.305 e. The Morgan fingerprint density at radius 3 is 2.53 bits per heavy atom. The van der Waals surface area contributed by atoms with Gasteiger partial charge in [-0.25, -0.2) is 0 Å². The van der Waals surface area contributed by atoms with Gasteiger partial charge in [-0.05, 0) is 24.6 Å². The molecule has 1 rings (SSSR count). The van der Waals surface area contributed by atoms with Crippen LogP contribution in [0.15, 0.2) is 18.2 Å². The molecular formula is C12H13ClN2O4. The van der Waals surface area contributed by atoms with Gasteiger partial charge >= 0.3 is 5.97 Å². The number of amides is 2. The van der Waals surface area contributed by atoms with Crippen LogP contribution in [0, 0.1) is 6.92 Å². The number of carbonyl (C=O) groups is 3. The molecule has 0 saturated carbocycles. The van der Waals surface area contributed by atoms with Crippen molar-refractivity contribution in [2.45, 2.75) is 19.4 Å². The van der Waals surface area contributed by atoms with E-state index in [0.29, 0.717) is 5.02 Å². The number of nitrogens with one attached hydrogen (secondary N) is 1. The average Bonchev–Trinajstić information content (AvgIpc) is 2.31. The number of aryl methyl sites for hydroxylation is 1. The Labute approximate surface area is 114 Å². The van der Waals surface area contributed by atoms with Gasteiger partial charge in [0.05, 0.1) is 6.42 Å². The lowest BCUT2D eigenvalue weighted by Gasteiger charge is -2.13. The predicted octanol–water partition coefficient (Wildman–Crippen LogP) is 0.707. The Morgan fingerprint density at radius 2 is 2.05 bits per heavy atom. The Hall–Kier alpha value is -2.08. The Morgan fingerprint density at radius 1 is 1.42 bits per heavy atom. The first-order chi connectivity index (χ1) is 8.81.